The van der Waals surface area contributed by atoms with Crippen molar-refractivity contribution in [1.29, 1.82) is 5.26 Å². The molecule has 0 saturated heterocycles. The van der Waals surface area contributed by atoms with Crippen LogP contribution in [0.4, 0.5) is 0 Å². The fraction of sp³-hybridized carbons (Fsp3) is 0.500. The molecule has 0 aliphatic heterocycles. The highest BCUT2D eigenvalue weighted by Gasteiger charge is 2.22. The van der Waals surface area contributed by atoms with Crippen LogP contribution in [0.15, 0.2) is 24.3 Å². The smallest absolute Gasteiger partial charge is 0.174 e. The fourth-order valence-electron chi connectivity index (χ4n) is 1.34. The van der Waals surface area contributed by atoms with Gasteiger partial charge >= 0.3 is 0 Å². The second-order valence-corrected chi connectivity index (χ2v) is 4.85. The maximum atomic E-state index is 9.61. The highest BCUT2D eigenvalue weighted by molar-refractivity contribution is 5.28. The minimum Gasteiger partial charge on any atom is -0.479 e. The molecule has 0 radical (unpaired) electrons. The molecule has 0 aromatic heterocycles. The average molecular weight is 248 g/mol. The van der Waals surface area contributed by atoms with E-state index in [2.05, 4.69) is 5.32 Å². The molecule has 4 nitrogen and oxygen atoms in total. The van der Waals surface area contributed by atoms with Crippen LogP contribution in [-0.2, 0) is 6.54 Å². The molecule has 4 heteroatoms. The summed E-state index contributed by atoms with van der Waals surface area (Å²) in [7, 11) is 0. The van der Waals surface area contributed by atoms with Gasteiger partial charge in [-0.15, -0.1) is 0 Å². The maximum absolute atomic E-state index is 9.61. The second-order valence-electron chi connectivity index (χ2n) is 4.85. The molecule has 1 unspecified atom stereocenters. The van der Waals surface area contributed by atoms with Crippen LogP contribution in [-0.4, -0.2) is 23.4 Å². The predicted molar refractivity (Wildman–Crippen MR) is 70.1 cm³/mol. The van der Waals surface area contributed by atoms with E-state index in [1.807, 2.05) is 44.2 Å². The summed E-state index contributed by atoms with van der Waals surface area (Å²) in [5.41, 5.74) is 0.711. The monoisotopic (exact) mass is 248 g/mol. The number of hydrogen-bond acceptors (Lipinski definition) is 4. The molecule has 1 atom stereocenters. The van der Waals surface area contributed by atoms with Gasteiger partial charge in [-0.25, -0.2) is 0 Å². The number of nitrogens with zero attached hydrogens (tertiary/aromatic N) is 1. The molecule has 0 amide bonds. The Balaban J connectivity index is 2.60. The van der Waals surface area contributed by atoms with Crippen LogP contribution in [0.25, 0.3) is 0 Å². The summed E-state index contributed by atoms with van der Waals surface area (Å²) in [5.74, 6) is 0.686. The van der Waals surface area contributed by atoms with Gasteiger partial charge in [0.05, 0.1) is 6.10 Å². The Morgan fingerprint density at radius 2 is 2.22 bits per heavy atom. The Morgan fingerprint density at radius 3 is 2.83 bits per heavy atom. The Morgan fingerprint density at radius 1 is 1.50 bits per heavy atom. The zero-order chi connectivity index (χ0) is 13.6. The van der Waals surface area contributed by atoms with Gasteiger partial charge in [0.2, 0.25) is 0 Å². The molecular weight excluding hydrogens is 228 g/mol. The van der Waals surface area contributed by atoms with Gasteiger partial charge in [-0.2, -0.15) is 5.26 Å². The lowest BCUT2D eigenvalue weighted by Crippen LogP contribution is -2.47. The topological polar surface area (TPSA) is 65.3 Å². The van der Waals surface area contributed by atoms with Gasteiger partial charge in [-0.1, -0.05) is 12.1 Å². The molecule has 0 heterocycles. The molecule has 0 aliphatic carbocycles. The van der Waals surface area contributed by atoms with Gasteiger partial charge < -0.3 is 15.2 Å². The Bertz CT molecular complexity index is 422. The Hall–Kier alpha value is -1.57. The lowest BCUT2D eigenvalue weighted by Gasteiger charge is -2.29. The maximum Gasteiger partial charge on any atom is 0.174 e. The van der Waals surface area contributed by atoms with Crippen molar-refractivity contribution in [1.82, 2.24) is 5.32 Å². The lowest BCUT2D eigenvalue weighted by molar-refractivity contribution is 0.0956. The third kappa shape index (κ3) is 4.36. The van der Waals surface area contributed by atoms with Crippen molar-refractivity contribution in [2.24, 2.45) is 0 Å². The van der Waals surface area contributed by atoms with Gasteiger partial charge in [0.1, 0.15) is 11.8 Å². The summed E-state index contributed by atoms with van der Waals surface area (Å²) < 4.78 is 5.24. The summed E-state index contributed by atoms with van der Waals surface area (Å²) in [6.45, 7) is 6.36. The molecule has 0 bridgehead atoms. The number of aliphatic hydroxyl groups is 1. The van der Waals surface area contributed by atoms with Crippen LogP contribution < -0.4 is 10.1 Å². The van der Waals surface area contributed by atoms with Crippen molar-refractivity contribution in [3.63, 3.8) is 0 Å². The number of rotatable bonds is 6. The van der Waals surface area contributed by atoms with E-state index in [4.69, 9.17) is 10.00 Å². The van der Waals surface area contributed by atoms with Crippen molar-refractivity contribution < 1.29 is 9.84 Å². The number of aliphatic hydroxyl groups excluding tert-OH is 1. The number of ether oxygens (including phenoxy) is 1. The van der Waals surface area contributed by atoms with Gasteiger partial charge in [-0.3, -0.25) is 0 Å². The second kappa shape index (κ2) is 6.39. The molecule has 0 saturated carbocycles. The van der Waals surface area contributed by atoms with Crippen molar-refractivity contribution in [2.75, 3.05) is 6.61 Å². The zero-order valence-electron chi connectivity index (χ0n) is 11.1. The third-order valence-electron chi connectivity index (χ3n) is 2.99. The fourth-order valence-corrected chi connectivity index (χ4v) is 1.34. The molecule has 98 valence electrons. The van der Waals surface area contributed by atoms with Crippen LogP contribution in [0.5, 0.6) is 5.75 Å². The van der Waals surface area contributed by atoms with Crippen LogP contribution in [0.1, 0.15) is 26.3 Å². The van der Waals surface area contributed by atoms with Crippen molar-refractivity contribution in [2.45, 2.75) is 39.0 Å². The average Bonchev–Trinajstić information content (AvgIpc) is 2.34. The quantitative estimate of drug-likeness (QED) is 0.806. The van der Waals surface area contributed by atoms with Gasteiger partial charge in [0.25, 0.3) is 0 Å². The van der Waals surface area contributed by atoms with E-state index in [-0.39, 0.29) is 12.1 Å². The molecule has 18 heavy (non-hydrogen) atoms. The minimum atomic E-state index is -0.435. The molecule has 1 aromatic carbocycles. The van der Waals surface area contributed by atoms with E-state index in [0.29, 0.717) is 12.3 Å². The van der Waals surface area contributed by atoms with E-state index in [9.17, 15) is 5.11 Å². The van der Waals surface area contributed by atoms with Crippen molar-refractivity contribution in [3.05, 3.63) is 29.8 Å². The summed E-state index contributed by atoms with van der Waals surface area (Å²) in [4.78, 5) is 0. The van der Waals surface area contributed by atoms with E-state index in [1.165, 1.54) is 0 Å². The first kappa shape index (κ1) is 14.5. The number of benzene rings is 1. The molecule has 1 aromatic rings. The van der Waals surface area contributed by atoms with Gasteiger partial charge in [0, 0.05) is 12.1 Å². The van der Waals surface area contributed by atoms with E-state index in [1.54, 1.807) is 6.92 Å². The first-order valence-corrected chi connectivity index (χ1v) is 5.97. The predicted octanol–water partition coefficient (Wildman–Crippen LogP) is 1.84. The van der Waals surface area contributed by atoms with Crippen molar-refractivity contribution in [3.8, 4) is 11.8 Å². The van der Waals surface area contributed by atoms with Crippen LogP contribution in [0, 0.1) is 11.3 Å². The standard InChI is InChI=1S/C14H20N2O2/c1-11(17)14(2,3)16-10-12-5-4-6-13(9-12)18-8-7-15/h4-6,9,11,16-17H,8,10H2,1-3H3. The van der Waals surface area contributed by atoms with Crippen molar-refractivity contribution >= 4 is 0 Å². The first-order valence-electron chi connectivity index (χ1n) is 5.97. The normalized spacial score (nSPS) is 12.8. The summed E-state index contributed by atoms with van der Waals surface area (Å²) in [6.07, 6.45) is -0.435. The Kier molecular flexibility index (Phi) is 5.14. The molecule has 0 fully saturated rings. The molecule has 2 N–H and O–H groups in total. The van der Waals surface area contributed by atoms with Gasteiger partial charge in [-0.05, 0) is 38.5 Å². The zero-order valence-corrected chi connectivity index (χ0v) is 11.1. The highest BCUT2D eigenvalue weighted by Crippen LogP contribution is 2.15. The molecular formula is C14H20N2O2. The molecule has 0 spiro atoms. The van der Waals surface area contributed by atoms with E-state index >= 15 is 0 Å². The molecule has 1 rings (SSSR count). The SMILES string of the molecule is CC(O)C(C)(C)NCc1cccc(OCC#N)c1. The lowest BCUT2D eigenvalue weighted by atomic mass is 9.98. The third-order valence-corrected chi connectivity index (χ3v) is 2.99. The first-order chi connectivity index (χ1) is 8.45. The summed E-state index contributed by atoms with van der Waals surface area (Å²) in [5, 5.41) is 21.3. The summed E-state index contributed by atoms with van der Waals surface area (Å²) >= 11 is 0. The van der Waals surface area contributed by atoms with Gasteiger partial charge in [0.15, 0.2) is 6.61 Å². The minimum absolute atomic E-state index is 0.0516. The number of nitrogens with one attached hydrogen (secondary N) is 1. The number of nitriles is 1. The van der Waals surface area contributed by atoms with Crippen LogP contribution in [0.2, 0.25) is 0 Å². The van der Waals surface area contributed by atoms with E-state index in [0.717, 1.165) is 5.56 Å². The van der Waals surface area contributed by atoms with E-state index < -0.39 is 6.10 Å². The molecule has 0 aliphatic rings. The van der Waals surface area contributed by atoms with Crippen LogP contribution in [0.3, 0.4) is 0 Å². The highest BCUT2D eigenvalue weighted by atomic mass is 16.5. The summed E-state index contributed by atoms with van der Waals surface area (Å²) in [6, 6.07) is 9.51. The Labute approximate surface area is 108 Å². The number of hydrogen-bond donors (Lipinski definition) is 2. The van der Waals surface area contributed by atoms with Crippen LogP contribution >= 0.6 is 0 Å². The largest absolute Gasteiger partial charge is 0.479 e.